The Morgan fingerprint density at radius 3 is 2.71 bits per heavy atom. The van der Waals surface area contributed by atoms with E-state index in [2.05, 4.69) is 4.85 Å². The largest absolute Gasteiger partial charge is 0.242 e. The molecule has 34 valence electrons. The molecule has 0 aliphatic rings. The van der Waals surface area contributed by atoms with Crippen molar-refractivity contribution >= 4 is 0 Å². The van der Waals surface area contributed by atoms with E-state index >= 15 is 0 Å². The van der Waals surface area contributed by atoms with E-state index in [1.807, 2.05) is 0 Å². The van der Waals surface area contributed by atoms with Crippen molar-refractivity contribution in [1.29, 1.82) is 5.26 Å². The van der Waals surface area contributed by atoms with Crippen molar-refractivity contribution in [2.45, 2.75) is 6.92 Å². The Morgan fingerprint density at radius 1 is 2.00 bits per heavy atom. The molecule has 0 atom stereocenters. The third-order valence-corrected chi connectivity index (χ3v) is 0.450. The minimum absolute atomic E-state index is 0.433. The van der Waals surface area contributed by atoms with Gasteiger partial charge in [0, 0.05) is 6.08 Å². The van der Waals surface area contributed by atoms with Crippen LogP contribution in [0.25, 0.3) is 4.85 Å². The molecule has 0 radical (unpaired) electrons. The Balaban J connectivity index is 3.89. The summed E-state index contributed by atoms with van der Waals surface area (Å²) < 4.78 is 0. The monoisotopic (exact) mass is 92.0 g/mol. The van der Waals surface area contributed by atoms with Crippen molar-refractivity contribution in [3.05, 3.63) is 23.2 Å². The molecule has 0 heterocycles. The average Bonchev–Trinajstić information content (AvgIpc) is 1.68. The van der Waals surface area contributed by atoms with Crippen LogP contribution in [0.5, 0.6) is 0 Å². The summed E-state index contributed by atoms with van der Waals surface area (Å²) in [5.41, 5.74) is 0.433. The molecule has 2 heteroatoms. The number of allylic oxidation sites excluding steroid dienone is 2. The van der Waals surface area contributed by atoms with E-state index < -0.39 is 0 Å². The van der Waals surface area contributed by atoms with Crippen LogP contribution >= 0.6 is 0 Å². The van der Waals surface area contributed by atoms with E-state index in [0.717, 1.165) is 0 Å². The highest BCUT2D eigenvalue weighted by Crippen LogP contribution is 1.88. The minimum Gasteiger partial charge on any atom is -0.242 e. The molecule has 0 bridgehead atoms. The maximum absolute atomic E-state index is 7.90. The van der Waals surface area contributed by atoms with Gasteiger partial charge in [-0.2, -0.15) is 5.26 Å². The lowest BCUT2D eigenvalue weighted by atomic mass is 10.5. The van der Waals surface area contributed by atoms with Crippen molar-refractivity contribution < 1.29 is 0 Å². The first-order valence-corrected chi connectivity index (χ1v) is 1.75. The van der Waals surface area contributed by atoms with E-state index in [-0.39, 0.29) is 0 Å². The number of hydrogen-bond donors (Lipinski definition) is 0. The summed E-state index contributed by atoms with van der Waals surface area (Å²) in [6.07, 6.45) is 1.22. The molecule has 0 unspecified atom stereocenters. The Bertz CT molecular complexity index is 154. The van der Waals surface area contributed by atoms with Crippen LogP contribution in [0.4, 0.5) is 0 Å². The summed E-state index contributed by atoms with van der Waals surface area (Å²) in [6, 6.07) is 1.74. The van der Waals surface area contributed by atoms with Crippen LogP contribution in [0.1, 0.15) is 6.92 Å². The van der Waals surface area contributed by atoms with Crippen molar-refractivity contribution in [3.8, 4) is 6.07 Å². The fraction of sp³-hybridized carbons (Fsp3) is 0.200. The van der Waals surface area contributed by atoms with E-state index in [9.17, 15) is 0 Å². The maximum Gasteiger partial charge on any atom is 0.172 e. The summed E-state index contributed by atoms with van der Waals surface area (Å²) >= 11 is 0. The molecular weight excluding hydrogens is 88.1 g/mol. The van der Waals surface area contributed by atoms with Gasteiger partial charge in [-0.25, -0.2) is 4.85 Å². The predicted molar refractivity (Wildman–Crippen MR) is 26.0 cm³/mol. The van der Waals surface area contributed by atoms with Crippen LogP contribution in [0.15, 0.2) is 11.8 Å². The highest BCUT2D eigenvalue weighted by molar-refractivity contribution is 5.15. The summed E-state index contributed by atoms with van der Waals surface area (Å²) in [5, 5.41) is 7.90. The maximum atomic E-state index is 7.90. The lowest BCUT2D eigenvalue weighted by molar-refractivity contribution is 1.48. The van der Waals surface area contributed by atoms with E-state index in [1.54, 1.807) is 13.0 Å². The first-order chi connectivity index (χ1) is 3.31. The molecule has 0 saturated heterocycles. The minimum atomic E-state index is 0.433. The Hall–Kier alpha value is -1.28. The smallest absolute Gasteiger partial charge is 0.172 e. The first-order valence-electron chi connectivity index (χ1n) is 1.75. The van der Waals surface area contributed by atoms with Gasteiger partial charge in [0.15, 0.2) is 5.70 Å². The van der Waals surface area contributed by atoms with Gasteiger partial charge >= 0.3 is 0 Å². The Labute approximate surface area is 42.5 Å². The van der Waals surface area contributed by atoms with Crippen molar-refractivity contribution in [2.24, 2.45) is 0 Å². The Kier molecular flexibility index (Phi) is 2.40. The SMILES string of the molecule is [C-]#[N+]/C(C)=C\C#N. The van der Waals surface area contributed by atoms with Gasteiger partial charge in [-0.1, -0.05) is 0 Å². The molecule has 0 aliphatic heterocycles. The number of rotatable bonds is 0. The molecule has 0 aliphatic carbocycles. The third kappa shape index (κ3) is 2.52. The van der Waals surface area contributed by atoms with Crippen LogP contribution < -0.4 is 0 Å². The highest BCUT2D eigenvalue weighted by atomic mass is 14.6. The molecule has 0 rings (SSSR count). The summed E-state index contributed by atoms with van der Waals surface area (Å²) in [4.78, 5) is 2.97. The lowest BCUT2D eigenvalue weighted by Crippen LogP contribution is -1.56. The summed E-state index contributed by atoms with van der Waals surface area (Å²) in [7, 11) is 0. The predicted octanol–water partition coefficient (Wildman–Crippen LogP) is 1.33. The molecule has 7 heavy (non-hydrogen) atoms. The van der Waals surface area contributed by atoms with Crippen LogP contribution in [-0.2, 0) is 0 Å². The van der Waals surface area contributed by atoms with Crippen molar-refractivity contribution in [1.82, 2.24) is 0 Å². The van der Waals surface area contributed by atoms with Gasteiger partial charge in [0.05, 0.1) is 12.6 Å². The topological polar surface area (TPSA) is 28.1 Å². The standard InChI is InChI=1S/C5H4N2/c1-5(7-2)3-4-6/h3H,1H3/b5-3-. The fourth-order valence-corrected chi connectivity index (χ4v) is 0.126. The van der Waals surface area contributed by atoms with Crippen LogP contribution in [-0.4, -0.2) is 0 Å². The van der Waals surface area contributed by atoms with Gasteiger partial charge in [-0.3, -0.25) is 0 Å². The zero-order valence-corrected chi connectivity index (χ0v) is 3.97. The van der Waals surface area contributed by atoms with Crippen LogP contribution in [0.3, 0.4) is 0 Å². The van der Waals surface area contributed by atoms with E-state index in [1.165, 1.54) is 6.08 Å². The fourth-order valence-electron chi connectivity index (χ4n) is 0.126. The number of nitrogens with zero attached hydrogens (tertiary/aromatic N) is 2. The molecule has 0 spiro atoms. The quantitative estimate of drug-likeness (QED) is 0.327. The van der Waals surface area contributed by atoms with Gasteiger partial charge in [-0.15, -0.1) is 0 Å². The first kappa shape index (κ1) is 5.72. The van der Waals surface area contributed by atoms with Gasteiger partial charge < -0.3 is 0 Å². The summed E-state index contributed by atoms with van der Waals surface area (Å²) in [5.74, 6) is 0. The zero-order valence-electron chi connectivity index (χ0n) is 3.97. The lowest BCUT2D eigenvalue weighted by Gasteiger charge is -1.69. The third-order valence-electron chi connectivity index (χ3n) is 0.450. The zero-order chi connectivity index (χ0) is 5.70. The van der Waals surface area contributed by atoms with Gasteiger partial charge in [-0.05, 0) is 6.92 Å². The normalized spacial score (nSPS) is 9.29. The van der Waals surface area contributed by atoms with Crippen LogP contribution in [0.2, 0.25) is 0 Å². The molecule has 0 N–H and O–H groups in total. The van der Waals surface area contributed by atoms with Crippen molar-refractivity contribution in [2.75, 3.05) is 0 Å². The second kappa shape index (κ2) is 2.93. The molecular formula is C5H4N2. The Morgan fingerprint density at radius 2 is 2.57 bits per heavy atom. The molecule has 0 aromatic heterocycles. The molecule has 0 fully saturated rings. The van der Waals surface area contributed by atoms with E-state index in [4.69, 9.17) is 11.8 Å². The van der Waals surface area contributed by atoms with Crippen LogP contribution in [0, 0.1) is 17.9 Å². The number of hydrogen-bond acceptors (Lipinski definition) is 1. The second-order valence-electron chi connectivity index (χ2n) is 1.03. The van der Waals surface area contributed by atoms with Gasteiger partial charge in [0.2, 0.25) is 0 Å². The molecule has 0 aromatic carbocycles. The van der Waals surface area contributed by atoms with Gasteiger partial charge in [0.1, 0.15) is 0 Å². The molecule has 0 saturated carbocycles. The molecule has 0 amide bonds. The van der Waals surface area contributed by atoms with E-state index in [0.29, 0.717) is 5.70 Å². The second-order valence-corrected chi connectivity index (χ2v) is 1.03. The molecule has 2 nitrogen and oxygen atoms in total. The average molecular weight is 92.1 g/mol. The van der Waals surface area contributed by atoms with Gasteiger partial charge in [0.25, 0.3) is 0 Å². The van der Waals surface area contributed by atoms with Crippen molar-refractivity contribution in [3.63, 3.8) is 0 Å². The molecule has 0 aromatic rings. The number of nitriles is 1. The summed E-state index contributed by atoms with van der Waals surface area (Å²) in [6.45, 7) is 7.91. The highest BCUT2D eigenvalue weighted by Gasteiger charge is 1.76.